The number of nitrogen functional groups attached to an aromatic ring is 1. The van der Waals surface area contributed by atoms with Gasteiger partial charge >= 0.3 is 0 Å². The van der Waals surface area contributed by atoms with Crippen LogP contribution in [0.4, 0.5) is 5.82 Å². The van der Waals surface area contributed by atoms with Gasteiger partial charge in [0, 0.05) is 13.2 Å². The standard InChI is InChI=1S/C10H12BrN5O/c11-3-7(1-2-17)4-16-6-15-8-9(12)13-5-14-10(8)16/h3,5-6,17H,1-2,4H2,(H2,12,13,14)/b7-3-. The molecule has 0 unspecified atom stereocenters. The maximum Gasteiger partial charge on any atom is 0.165 e. The average molecular weight is 298 g/mol. The van der Waals surface area contributed by atoms with Gasteiger partial charge in [-0.3, -0.25) is 0 Å². The lowest BCUT2D eigenvalue weighted by molar-refractivity contribution is 0.297. The second kappa shape index (κ2) is 5.24. The van der Waals surface area contributed by atoms with E-state index >= 15 is 0 Å². The van der Waals surface area contributed by atoms with Gasteiger partial charge in [0.2, 0.25) is 0 Å². The van der Waals surface area contributed by atoms with E-state index in [1.807, 2.05) is 4.57 Å². The lowest BCUT2D eigenvalue weighted by Gasteiger charge is -2.06. The summed E-state index contributed by atoms with van der Waals surface area (Å²) in [5.74, 6) is 0.375. The Bertz CT molecular complexity index is 551. The van der Waals surface area contributed by atoms with E-state index in [-0.39, 0.29) is 6.61 Å². The number of imidazole rings is 1. The van der Waals surface area contributed by atoms with E-state index < -0.39 is 0 Å². The Morgan fingerprint density at radius 3 is 3.00 bits per heavy atom. The average Bonchev–Trinajstić information content (AvgIpc) is 2.73. The van der Waals surface area contributed by atoms with Gasteiger partial charge in [-0.1, -0.05) is 15.9 Å². The topological polar surface area (TPSA) is 89.9 Å². The maximum absolute atomic E-state index is 8.92. The normalized spacial score (nSPS) is 12.2. The first-order valence-electron chi connectivity index (χ1n) is 5.06. The van der Waals surface area contributed by atoms with Crippen LogP contribution in [0, 0.1) is 0 Å². The Morgan fingerprint density at radius 2 is 2.29 bits per heavy atom. The molecule has 0 spiro atoms. The third-order valence-electron chi connectivity index (χ3n) is 2.39. The molecule has 6 nitrogen and oxygen atoms in total. The zero-order chi connectivity index (χ0) is 12.3. The smallest absolute Gasteiger partial charge is 0.165 e. The van der Waals surface area contributed by atoms with E-state index in [9.17, 15) is 0 Å². The predicted octanol–water partition coefficient (Wildman–Crippen LogP) is 1.07. The third-order valence-corrected chi connectivity index (χ3v) is 3.04. The van der Waals surface area contributed by atoms with Crippen molar-refractivity contribution in [1.29, 1.82) is 0 Å². The quantitative estimate of drug-likeness (QED) is 0.881. The van der Waals surface area contributed by atoms with Crippen LogP contribution >= 0.6 is 15.9 Å². The first-order valence-corrected chi connectivity index (χ1v) is 5.98. The summed E-state index contributed by atoms with van der Waals surface area (Å²) < 4.78 is 1.87. The molecule has 0 fully saturated rings. The van der Waals surface area contributed by atoms with Crippen LogP contribution in [0.25, 0.3) is 11.2 Å². The van der Waals surface area contributed by atoms with E-state index in [4.69, 9.17) is 10.8 Å². The highest BCUT2D eigenvalue weighted by Crippen LogP contribution is 2.16. The number of anilines is 1. The van der Waals surface area contributed by atoms with Crippen molar-refractivity contribution in [3.05, 3.63) is 23.2 Å². The van der Waals surface area contributed by atoms with Crippen LogP contribution < -0.4 is 5.73 Å². The van der Waals surface area contributed by atoms with Crippen LogP contribution in [0.2, 0.25) is 0 Å². The van der Waals surface area contributed by atoms with Crippen LogP contribution in [-0.2, 0) is 6.54 Å². The molecule has 2 aromatic heterocycles. The molecular weight excluding hydrogens is 286 g/mol. The largest absolute Gasteiger partial charge is 0.396 e. The van der Waals surface area contributed by atoms with Gasteiger partial charge in [0.1, 0.15) is 11.8 Å². The number of hydrogen-bond acceptors (Lipinski definition) is 5. The summed E-state index contributed by atoms with van der Waals surface area (Å²) in [6.45, 7) is 0.722. The van der Waals surface area contributed by atoms with Gasteiger partial charge in [0.05, 0.1) is 6.33 Å². The lowest BCUT2D eigenvalue weighted by atomic mass is 10.2. The molecule has 2 rings (SSSR count). The number of fused-ring (bicyclic) bond motifs is 1. The summed E-state index contributed by atoms with van der Waals surface area (Å²) in [6, 6.07) is 0. The number of nitrogens with two attached hydrogens (primary N) is 1. The van der Waals surface area contributed by atoms with Crippen molar-refractivity contribution in [2.45, 2.75) is 13.0 Å². The van der Waals surface area contributed by atoms with Crippen molar-refractivity contribution in [1.82, 2.24) is 19.5 Å². The van der Waals surface area contributed by atoms with Crippen molar-refractivity contribution in [3.8, 4) is 0 Å². The van der Waals surface area contributed by atoms with Crippen molar-refractivity contribution >= 4 is 32.9 Å². The summed E-state index contributed by atoms with van der Waals surface area (Å²) in [6.07, 6.45) is 3.69. The zero-order valence-corrected chi connectivity index (χ0v) is 10.6. The summed E-state index contributed by atoms with van der Waals surface area (Å²) in [5.41, 5.74) is 8.04. The van der Waals surface area contributed by atoms with Crippen LogP contribution in [0.3, 0.4) is 0 Å². The molecule has 0 saturated carbocycles. The molecule has 0 saturated heterocycles. The molecule has 0 amide bonds. The van der Waals surface area contributed by atoms with Gasteiger partial charge in [-0.2, -0.15) is 0 Å². The van der Waals surface area contributed by atoms with Gasteiger partial charge < -0.3 is 15.4 Å². The van der Waals surface area contributed by atoms with Crippen molar-refractivity contribution in [3.63, 3.8) is 0 Å². The molecule has 2 aromatic rings. The fourth-order valence-electron chi connectivity index (χ4n) is 1.54. The minimum Gasteiger partial charge on any atom is -0.396 e. The van der Waals surface area contributed by atoms with E-state index in [0.717, 1.165) is 5.57 Å². The van der Waals surface area contributed by atoms with Crippen molar-refractivity contribution < 1.29 is 5.11 Å². The number of nitrogens with zero attached hydrogens (tertiary/aromatic N) is 4. The van der Waals surface area contributed by atoms with E-state index in [2.05, 4.69) is 30.9 Å². The summed E-state index contributed by atoms with van der Waals surface area (Å²) in [4.78, 5) is 14.0. The molecule has 0 aliphatic heterocycles. The van der Waals surface area contributed by atoms with E-state index in [0.29, 0.717) is 29.9 Å². The molecule has 0 radical (unpaired) electrons. The first kappa shape index (κ1) is 12.0. The van der Waals surface area contributed by atoms with Crippen LogP contribution in [-0.4, -0.2) is 31.2 Å². The van der Waals surface area contributed by atoms with E-state index in [1.165, 1.54) is 6.33 Å². The minimum atomic E-state index is 0.112. The summed E-state index contributed by atoms with van der Waals surface area (Å²) in [5, 5.41) is 8.92. The number of aliphatic hydroxyl groups excluding tert-OH is 1. The predicted molar refractivity (Wildman–Crippen MR) is 68.4 cm³/mol. The fraction of sp³-hybridized carbons (Fsp3) is 0.300. The Kier molecular flexibility index (Phi) is 3.70. The Hall–Kier alpha value is -1.47. The number of halogens is 1. The molecule has 2 heterocycles. The number of hydrogen-bond donors (Lipinski definition) is 2. The van der Waals surface area contributed by atoms with Crippen LogP contribution in [0.1, 0.15) is 6.42 Å². The molecule has 0 aliphatic rings. The molecule has 0 aromatic carbocycles. The van der Waals surface area contributed by atoms with Crippen molar-refractivity contribution in [2.24, 2.45) is 0 Å². The number of rotatable bonds is 4. The number of aliphatic hydroxyl groups is 1. The van der Waals surface area contributed by atoms with Crippen LogP contribution in [0.5, 0.6) is 0 Å². The molecule has 3 N–H and O–H groups in total. The first-order chi connectivity index (χ1) is 8.26. The molecule has 0 aliphatic carbocycles. The highest BCUT2D eigenvalue weighted by atomic mass is 79.9. The molecule has 7 heteroatoms. The molecular formula is C10H12BrN5O. The summed E-state index contributed by atoms with van der Waals surface area (Å²) >= 11 is 3.28. The molecule has 0 atom stereocenters. The fourth-order valence-corrected chi connectivity index (χ4v) is 1.92. The van der Waals surface area contributed by atoms with Gasteiger partial charge in [0.25, 0.3) is 0 Å². The van der Waals surface area contributed by atoms with E-state index in [1.54, 1.807) is 11.3 Å². The highest BCUT2D eigenvalue weighted by molar-refractivity contribution is 9.11. The lowest BCUT2D eigenvalue weighted by Crippen LogP contribution is -2.03. The third kappa shape index (κ3) is 2.45. The molecule has 90 valence electrons. The minimum absolute atomic E-state index is 0.112. The Morgan fingerprint density at radius 1 is 1.47 bits per heavy atom. The number of aromatic nitrogens is 4. The van der Waals surface area contributed by atoms with Gasteiger partial charge in [-0.05, 0) is 17.0 Å². The molecule has 0 bridgehead atoms. The monoisotopic (exact) mass is 297 g/mol. The highest BCUT2D eigenvalue weighted by Gasteiger charge is 2.08. The Labute approximate surface area is 106 Å². The second-order valence-electron chi connectivity index (χ2n) is 3.54. The maximum atomic E-state index is 8.92. The molecule has 17 heavy (non-hydrogen) atoms. The van der Waals surface area contributed by atoms with Gasteiger partial charge in [0.15, 0.2) is 11.5 Å². The second-order valence-corrected chi connectivity index (χ2v) is 4.00. The zero-order valence-electron chi connectivity index (χ0n) is 9.04. The Balaban J connectivity index is 2.34. The van der Waals surface area contributed by atoms with Crippen molar-refractivity contribution in [2.75, 3.05) is 12.3 Å². The van der Waals surface area contributed by atoms with Gasteiger partial charge in [-0.25, -0.2) is 15.0 Å². The summed E-state index contributed by atoms with van der Waals surface area (Å²) in [7, 11) is 0. The van der Waals surface area contributed by atoms with Crippen LogP contribution in [0.15, 0.2) is 23.2 Å². The SMILES string of the molecule is Nc1ncnc2c1ncn2C/C(=C\Br)CCO. The van der Waals surface area contributed by atoms with Gasteiger partial charge in [-0.15, -0.1) is 0 Å².